The van der Waals surface area contributed by atoms with Crippen molar-refractivity contribution < 1.29 is 0 Å². The van der Waals surface area contributed by atoms with Crippen LogP contribution in [0, 0.1) is 6.92 Å². The highest BCUT2D eigenvalue weighted by Crippen LogP contribution is 2.16. The largest absolute Gasteiger partial charge is 0.311 e. The Morgan fingerprint density at radius 2 is 1.93 bits per heavy atom. The molecule has 1 nitrogen and oxygen atoms in total. The molecule has 1 aliphatic rings. The molecule has 1 aromatic carbocycles. The molecule has 1 saturated heterocycles. The van der Waals surface area contributed by atoms with E-state index in [2.05, 4.69) is 43.4 Å². The second kappa shape index (κ2) is 4.80. The fourth-order valence-corrected chi connectivity index (χ4v) is 2.41. The Kier molecular flexibility index (Phi) is 3.42. The van der Waals surface area contributed by atoms with Crippen molar-refractivity contribution in [1.29, 1.82) is 0 Å². The van der Waals surface area contributed by atoms with Crippen molar-refractivity contribution in [3.8, 4) is 0 Å². The van der Waals surface area contributed by atoms with Crippen molar-refractivity contribution >= 4 is 0 Å². The predicted molar refractivity (Wildman–Crippen MR) is 65.1 cm³/mol. The van der Waals surface area contributed by atoms with E-state index in [4.69, 9.17) is 0 Å². The molecule has 1 heteroatoms. The van der Waals surface area contributed by atoms with E-state index < -0.39 is 0 Å². The summed E-state index contributed by atoms with van der Waals surface area (Å²) in [7, 11) is 0. The quantitative estimate of drug-likeness (QED) is 0.779. The van der Waals surface area contributed by atoms with E-state index in [-0.39, 0.29) is 0 Å². The second-order valence-electron chi connectivity index (χ2n) is 4.89. The summed E-state index contributed by atoms with van der Waals surface area (Å²) in [5, 5.41) is 3.68. The van der Waals surface area contributed by atoms with Gasteiger partial charge in [0.2, 0.25) is 0 Å². The van der Waals surface area contributed by atoms with Crippen molar-refractivity contribution in [3.05, 3.63) is 35.4 Å². The van der Waals surface area contributed by atoms with Gasteiger partial charge in [-0.3, -0.25) is 0 Å². The lowest BCUT2D eigenvalue weighted by Gasteiger charge is -2.28. The third kappa shape index (κ3) is 3.07. The zero-order valence-electron chi connectivity index (χ0n) is 9.79. The SMILES string of the molecule is Cc1ccc(CC2CCCC(C)N2)cc1. The number of hydrogen-bond acceptors (Lipinski definition) is 1. The summed E-state index contributed by atoms with van der Waals surface area (Å²) in [6.45, 7) is 4.44. The summed E-state index contributed by atoms with van der Waals surface area (Å²) < 4.78 is 0. The zero-order chi connectivity index (χ0) is 10.7. The smallest absolute Gasteiger partial charge is 0.0110 e. The molecule has 82 valence electrons. The fourth-order valence-electron chi connectivity index (χ4n) is 2.41. The van der Waals surface area contributed by atoms with Crippen LogP contribution in [0.2, 0.25) is 0 Å². The van der Waals surface area contributed by atoms with Gasteiger partial charge < -0.3 is 5.32 Å². The van der Waals surface area contributed by atoms with Crippen molar-refractivity contribution in [2.45, 2.75) is 51.6 Å². The van der Waals surface area contributed by atoms with Crippen LogP contribution in [-0.2, 0) is 6.42 Å². The van der Waals surface area contributed by atoms with Crippen LogP contribution in [-0.4, -0.2) is 12.1 Å². The van der Waals surface area contributed by atoms with Gasteiger partial charge in [-0.1, -0.05) is 36.2 Å². The predicted octanol–water partition coefficient (Wildman–Crippen LogP) is 3.07. The van der Waals surface area contributed by atoms with Gasteiger partial charge in [-0.2, -0.15) is 0 Å². The van der Waals surface area contributed by atoms with E-state index in [9.17, 15) is 0 Å². The maximum atomic E-state index is 3.68. The Balaban J connectivity index is 1.93. The summed E-state index contributed by atoms with van der Waals surface area (Å²) >= 11 is 0. The molecule has 0 spiro atoms. The highest BCUT2D eigenvalue weighted by Gasteiger charge is 2.17. The minimum Gasteiger partial charge on any atom is -0.311 e. The molecule has 1 aliphatic heterocycles. The van der Waals surface area contributed by atoms with Gasteiger partial charge in [-0.25, -0.2) is 0 Å². The zero-order valence-corrected chi connectivity index (χ0v) is 9.79. The molecule has 1 fully saturated rings. The molecule has 0 amide bonds. The highest BCUT2D eigenvalue weighted by molar-refractivity contribution is 5.22. The monoisotopic (exact) mass is 203 g/mol. The summed E-state index contributed by atoms with van der Waals surface area (Å²) in [5.41, 5.74) is 2.82. The molecule has 1 N–H and O–H groups in total. The summed E-state index contributed by atoms with van der Waals surface area (Å²) in [6.07, 6.45) is 5.23. The lowest BCUT2D eigenvalue weighted by Crippen LogP contribution is -2.41. The molecule has 1 aromatic rings. The molecule has 0 aliphatic carbocycles. The molecule has 2 unspecified atom stereocenters. The minimum absolute atomic E-state index is 0.691. The topological polar surface area (TPSA) is 12.0 Å². The fraction of sp³-hybridized carbons (Fsp3) is 0.571. The van der Waals surface area contributed by atoms with Crippen molar-refractivity contribution in [2.24, 2.45) is 0 Å². The van der Waals surface area contributed by atoms with Crippen molar-refractivity contribution in [3.63, 3.8) is 0 Å². The van der Waals surface area contributed by atoms with E-state index >= 15 is 0 Å². The van der Waals surface area contributed by atoms with Crippen LogP contribution in [0.4, 0.5) is 0 Å². The first kappa shape index (κ1) is 10.7. The molecule has 0 saturated carbocycles. The summed E-state index contributed by atoms with van der Waals surface area (Å²) in [4.78, 5) is 0. The lowest BCUT2D eigenvalue weighted by atomic mass is 9.94. The van der Waals surface area contributed by atoms with Gasteiger partial charge in [-0.15, -0.1) is 0 Å². The maximum Gasteiger partial charge on any atom is 0.0110 e. The average Bonchev–Trinajstić information content (AvgIpc) is 2.22. The lowest BCUT2D eigenvalue weighted by molar-refractivity contribution is 0.333. The average molecular weight is 203 g/mol. The summed E-state index contributed by atoms with van der Waals surface area (Å²) in [6, 6.07) is 10.3. The first-order valence-electron chi connectivity index (χ1n) is 6.05. The Morgan fingerprint density at radius 3 is 2.60 bits per heavy atom. The van der Waals surface area contributed by atoms with Gasteiger partial charge in [0.15, 0.2) is 0 Å². The first-order chi connectivity index (χ1) is 7.24. The van der Waals surface area contributed by atoms with Gasteiger partial charge in [0.1, 0.15) is 0 Å². The molecular weight excluding hydrogens is 182 g/mol. The standard InChI is InChI=1S/C14H21N/c1-11-6-8-13(9-7-11)10-14-5-3-4-12(2)15-14/h6-9,12,14-15H,3-5,10H2,1-2H3. The van der Waals surface area contributed by atoms with Crippen LogP contribution >= 0.6 is 0 Å². The van der Waals surface area contributed by atoms with Gasteiger partial charge in [0.25, 0.3) is 0 Å². The summed E-state index contributed by atoms with van der Waals surface area (Å²) in [5.74, 6) is 0. The minimum atomic E-state index is 0.691. The van der Waals surface area contributed by atoms with E-state index in [1.807, 2.05) is 0 Å². The van der Waals surface area contributed by atoms with Crippen LogP contribution in [0.15, 0.2) is 24.3 Å². The van der Waals surface area contributed by atoms with Gasteiger partial charge in [-0.05, 0) is 38.7 Å². The number of benzene rings is 1. The molecule has 2 rings (SSSR count). The van der Waals surface area contributed by atoms with E-state index in [0.717, 1.165) is 0 Å². The van der Waals surface area contributed by atoms with Gasteiger partial charge in [0.05, 0.1) is 0 Å². The molecule has 0 radical (unpaired) electrons. The third-order valence-corrected chi connectivity index (χ3v) is 3.31. The first-order valence-corrected chi connectivity index (χ1v) is 6.05. The highest BCUT2D eigenvalue weighted by atomic mass is 15.0. The number of nitrogens with one attached hydrogen (secondary N) is 1. The molecule has 2 atom stereocenters. The number of rotatable bonds is 2. The Morgan fingerprint density at radius 1 is 1.20 bits per heavy atom. The molecule has 15 heavy (non-hydrogen) atoms. The Labute approximate surface area is 92.9 Å². The molecular formula is C14H21N. The van der Waals surface area contributed by atoms with Gasteiger partial charge in [0, 0.05) is 12.1 Å². The number of piperidine rings is 1. The van der Waals surface area contributed by atoms with Crippen LogP contribution in [0.1, 0.15) is 37.3 Å². The second-order valence-corrected chi connectivity index (χ2v) is 4.89. The van der Waals surface area contributed by atoms with E-state index in [0.29, 0.717) is 12.1 Å². The van der Waals surface area contributed by atoms with E-state index in [1.54, 1.807) is 0 Å². The third-order valence-electron chi connectivity index (χ3n) is 3.31. The van der Waals surface area contributed by atoms with Crippen LogP contribution in [0.5, 0.6) is 0 Å². The van der Waals surface area contributed by atoms with Gasteiger partial charge >= 0.3 is 0 Å². The van der Waals surface area contributed by atoms with Crippen molar-refractivity contribution in [2.75, 3.05) is 0 Å². The van der Waals surface area contributed by atoms with E-state index in [1.165, 1.54) is 36.8 Å². The van der Waals surface area contributed by atoms with Crippen LogP contribution < -0.4 is 5.32 Å². The number of aryl methyl sites for hydroxylation is 1. The normalized spacial score (nSPS) is 26.5. The van der Waals surface area contributed by atoms with Crippen molar-refractivity contribution in [1.82, 2.24) is 5.32 Å². The van der Waals surface area contributed by atoms with Crippen LogP contribution in [0.25, 0.3) is 0 Å². The molecule has 1 heterocycles. The molecule has 0 bridgehead atoms. The Hall–Kier alpha value is -0.820. The number of hydrogen-bond donors (Lipinski definition) is 1. The maximum absolute atomic E-state index is 3.68. The van der Waals surface area contributed by atoms with Crippen LogP contribution in [0.3, 0.4) is 0 Å². The Bertz CT molecular complexity index is 302. The molecule has 0 aromatic heterocycles.